The zero-order chi connectivity index (χ0) is 18.9. The van der Waals surface area contributed by atoms with Crippen LogP contribution in [0.3, 0.4) is 0 Å². The van der Waals surface area contributed by atoms with Gasteiger partial charge >= 0.3 is 11.8 Å². The molecule has 4 atom stereocenters. The third-order valence-corrected chi connectivity index (χ3v) is 4.44. The van der Waals surface area contributed by atoms with Crippen molar-refractivity contribution in [1.29, 1.82) is 0 Å². The van der Waals surface area contributed by atoms with Crippen molar-refractivity contribution < 1.29 is 28.8 Å². The smallest absolute Gasteiger partial charge is 0.380 e. The van der Waals surface area contributed by atoms with Crippen LogP contribution >= 0.6 is 28.6 Å². The van der Waals surface area contributed by atoms with Gasteiger partial charge in [-0.3, -0.25) is 23.7 Å². The van der Waals surface area contributed by atoms with E-state index in [0.717, 1.165) is 10.8 Å². The van der Waals surface area contributed by atoms with Crippen LogP contribution in [-0.2, 0) is 25.0 Å². The first-order chi connectivity index (χ1) is 11.5. The molecule has 1 unspecified atom stereocenters. The van der Waals surface area contributed by atoms with Gasteiger partial charge in [0.2, 0.25) is 5.91 Å². The lowest BCUT2D eigenvalue weighted by molar-refractivity contribution is -0.117. The number of carbonyl (C=O) groups is 1. The Hall–Kier alpha value is -1.20. The molecule has 0 aromatic carbocycles. The molecule has 0 bridgehead atoms. The minimum Gasteiger partial charge on any atom is -0.387 e. The van der Waals surface area contributed by atoms with Gasteiger partial charge in [-0.1, -0.05) is 0 Å². The van der Waals surface area contributed by atoms with Crippen molar-refractivity contribution in [1.82, 2.24) is 9.55 Å². The largest absolute Gasteiger partial charge is 0.387 e. The molecule has 1 aromatic rings. The third-order valence-electron chi connectivity index (χ3n) is 3.41. The molecule has 1 amide bonds. The maximum Gasteiger partial charge on any atom is 0.380 e. The standard InChI is InChI=1S/C11H14Cl2N3O8P/c12-25(13,22)23-3-5-7(18)8(19)10(24-5)16-2-4(1-6(14)17)9(20)15-11(16)21/h2,5,7-8,10,18-19H,1,3H2,(H2,14,17)(H,15,20,21)/t5-,7+,8?,10-/m1/s1. The number of primary amides is 1. The number of aromatic nitrogens is 2. The van der Waals surface area contributed by atoms with Crippen LogP contribution in [0.4, 0.5) is 0 Å². The second-order valence-electron chi connectivity index (χ2n) is 5.22. The molecule has 1 saturated heterocycles. The van der Waals surface area contributed by atoms with E-state index in [1.54, 1.807) is 0 Å². The Morgan fingerprint density at radius 2 is 2.04 bits per heavy atom. The summed E-state index contributed by atoms with van der Waals surface area (Å²) in [5.74, 6) is -0.810. The van der Waals surface area contributed by atoms with Gasteiger partial charge in [0.05, 0.1) is 13.0 Å². The van der Waals surface area contributed by atoms with Crippen LogP contribution in [0.1, 0.15) is 11.8 Å². The zero-order valence-corrected chi connectivity index (χ0v) is 14.8. The molecule has 0 spiro atoms. The number of rotatable bonds is 6. The van der Waals surface area contributed by atoms with Gasteiger partial charge in [0.25, 0.3) is 5.56 Å². The number of aliphatic hydroxyl groups excluding tert-OH is 2. The van der Waals surface area contributed by atoms with Crippen LogP contribution < -0.4 is 17.0 Å². The number of H-pyrrole nitrogens is 1. The van der Waals surface area contributed by atoms with Gasteiger partial charge in [-0.25, -0.2) is 4.79 Å². The van der Waals surface area contributed by atoms with Gasteiger partial charge in [-0.2, -0.15) is 0 Å². The summed E-state index contributed by atoms with van der Waals surface area (Å²) in [7, 11) is 0. The molecule has 1 fully saturated rings. The van der Waals surface area contributed by atoms with E-state index in [1.165, 1.54) is 0 Å². The fourth-order valence-electron chi connectivity index (χ4n) is 2.29. The van der Waals surface area contributed by atoms with E-state index in [-0.39, 0.29) is 5.56 Å². The molecular weight excluding hydrogens is 404 g/mol. The van der Waals surface area contributed by atoms with E-state index < -0.39 is 60.8 Å². The molecule has 14 heteroatoms. The minimum absolute atomic E-state index is 0.136. The number of hydrogen-bond donors (Lipinski definition) is 4. The number of aromatic amines is 1. The van der Waals surface area contributed by atoms with E-state index in [2.05, 4.69) is 4.52 Å². The Morgan fingerprint density at radius 1 is 1.40 bits per heavy atom. The lowest BCUT2D eigenvalue weighted by Gasteiger charge is -2.17. The van der Waals surface area contributed by atoms with Crippen molar-refractivity contribution in [3.63, 3.8) is 0 Å². The third kappa shape index (κ3) is 4.91. The van der Waals surface area contributed by atoms with Crippen LogP contribution in [0.15, 0.2) is 15.8 Å². The first kappa shape index (κ1) is 20.1. The van der Waals surface area contributed by atoms with E-state index in [9.17, 15) is 29.2 Å². The molecule has 0 aliphatic carbocycles. The SMILES string of the molecule is NC(=O)Cc1cn([C@@H]2O[C@H](COP(=O)(Cl)Cl)[C@H](O)C2O)c(=O)[nH]c1=O. The number of aliphatic hydroxyl groups is 2. The first-order valence-electron chi connectivity index (χ1n) is 6.77. The van der Waals surface area contributed by atoms with Crippen molar-refractivity contribution >= 4 is 34.5 Å². The van der Waals surface area contributed by atoms with Gasteiger partial charge in [0.1, 0.15) is 18.3 Å². The lowest BCUT2D eigenvalue weighted by atomic mass is 10.1. The van der Waals surface area contributed by atoms with E-state index in [4.69, 9.17) is 33.0 Å². The molecule has 0 saturated carbocycles. The predicted octanol–water partition coefficient (Wildman–Crippen LogP) is -1.21. The average molecular weight is 418 g/mol. The van der Waals surface area contributed by atoms with Gasteiger partial charge in [-0.05, 0) is 22.5 Å². The van der Waals surface area contributed by atoms with Crippen molar-refractivity contribution in [2.45, 2.75) is 31.0 Å². The van der Waals surface area contributed by atoms with Crippen molar-refractivity contribution in [2.75, 3.05) is 6.61 Å². The summed E-state index contributed by atoms with van der Waals surface area (Å²) >= 11 is 10.4. The number of halogens is 2. The first-order valence-corrected chi connectivity index (χ1v) is 10.2. The number of nitrogens with one attached hydrogen (secondary N) is 1. The Labute approximate surface area is 149 Å². The molecule has 140 valence electrons. The maximum atomic E-state index is 11.9. The molecule has 11 nitrogen and oxygen atoms in total. The van der Waals surface area contributed by atoms with Crippen LogP contribution in [0.2, 0.25) is 0 Å². The highest BCUT2D eigenvalue weighted by Crippen LogP contribution is 2.57. The Bertz CT molecular complexity index is 820. The van der Waals surface area contributed by atoms with E-state index >= 15 is 0 Å². The van der Waals surface area contributed by atoms with Crippen LogP contribution in [0.25, 0.3) is 0 Å². The number of ether oxygens (including phenoxy) is 1. The summed E-state index contributed by atoms with van der Waals surface area (Å²) in [4.78, 5) is 36.5. The molecule has 2 rings (SSSR count). The Morgan fingerprint density at radius 3 is 2.60 bits per heavy atom. The number of hydrogen-bond acceptors (Lipinski definition) is 8. The highest BCUT2D eigenvalue weighted by atomic mass is 35.9. The van der Waals surface area contributed by atoms with Gasteiger partial charge in [0.15, 0.2) is 6.23 Å². The molecule has 25 heavy (non-hydrogen) atoms. The molecule has 1 aliphatic rings. The predicted molar refractivity (Wildman–Crippen MR) is 85.4 cm³/mol. The van der Waals surface area contributed by atoms with E-state index in [1.807, 2.05) is 4.98 Å². The minimum atomic E-state index is -3.89. The highest BCUT2D eigenvalue weighted by Gasteiger charge is 2.45. The Kier molecular flexibility index (Phi) is 6.10. The number of nitrogens with two attached hydrogens (primary N) is 1. The molecule has 1 aliphatic heterocycles. The van der Waals surface area contributed by atoms with Gasteiger partial charge in [-0.15, -0.1) is 0 Å². The van der Waals surface area contributed by atoms with Crippen LogP contribution in [0.5, 0.6) is 0 Å². The molecule has 1 aromatic heterocycles. The summed E-state index contributed by atoms with van der Waals surface area (Å²) in [6.45, 7) is -0.523. The fourth-order valence-corrected chi connectivity index (χ4v) is 2.95. The van der Waals surface area contributed by atoms with Crippen LogP contribution in [-0.4, -0.2) is 50.6 Å². The lowest BCUT2D eigenvalue weighted by Crippen LogP contribution is -2.39. The summed E-state index contributed by atoms with van der Waals surface area (Å²) in [6.07, 6.45) is -9.09. The monoisotopic (exact) mass is 417 g/mol. The van der Waals surface area contributed by atoms with Crippen molar-refractivity contribution in [3.8, 4) is 0 Å². The molecule has 5 N–H and O–H groups in total. The van der Waals surface area contributed by atoms with Crippen molar-refractivity contribution in [2.24, 2.45) is 5.73 Å². The average Bonchev–Trinajstić information content (AvgIpc) is 2.75. The Balaban J connectivity index is 2.29. The summed E-state index contributed by atoms with van der Waals surface area (Å²) < 4.78 is 21.8. The second-order valence-corrected chi connectivity index (χ2v) is 9.50. The quantitative estimate of drug-likeness (QED) is 0.416. The van der Waals surface area contributed by atoms with Gasteiger partial charge < -0.3 is 25.2 Å². The second kappa shape index (κ2) is 7.58. The highest BCUT2D eigenvalue weighted by molar-refractivity contribution is 8.05. The van der Waals surface area contributed by atoms with Crippen LogP contribution in [0, 0.1) is 0 Å². The maximum absolute atomic E-state index is 11.9. The van der Waals surface area contributed by atoms with Crippen molar-refractivity contribution in [3.05, 3.63) is 32.6 Å². The fraction of sp³-hybridized carbons (Fsp3) is 0.545. The molecule has 2 heterocycles. The molecular formula is C11H14Cl2N3O8P. The van der Waals surface area contributed by atoms with E-state index in [0.29, 0.717) is 0 Å². The number of amides is 1. The molecule has 0 radical (unpaired) electrons. The summed E-state index contributed by atoms with van der Waals surface area (Å²) in [6, 6.07) is 0. The zero-order valence-electron chi connectivity index (χ0n) is 12.4. The normalized spacial score (nSPS) is 26.7. The summed E-state index contributed by atoms with van der Waals surface area (Å²) in [5.41, 5.74) is 3.11. The topological polar surface area (TPSA) is 174 Å². The summed E-state index contributed by atoms with van der Waals surface area (Å²) in [5, 5.41) is 20.0. The number of carbonyl (C=O) groups excluding carboxylic acids is 1. The van der Waals surface area contributed by atoms with Gasteiger partial charge in [0, 0.05) is 11.8 Å². The number of nitrogens with zero attached hydrogens (tertiary/aromatic N) is 1.